The fourth-order valence-corrected chi connectivity index (χ4v) is 3.94. The third-order valence-corrected chi connectivity index (χ3v) is 5.61. The lowest BCUT2D eigenvalue weighted by molar-refractivity contribution is 0.0598. The van der Waals surface area contributed by atoms with Crippen LogP contribution in [0.4, 0.5) is 4.79 Å². The lowest BCUT2D eigenvalue weighted by atomic mass is 9.88. The smallest absolute Gasteiger partial charge is 0.405 e. The van der Waals surface area contributed by atoms with Crippen LogP contribution in [-0.2, 0) is 4.74 Å². The average Bonchev–Trinajstić information content (AvgIpc) is 2.73. The highest BCUT2D eigenvalue weighted by Gasteiger charge is 2.28. The van der Waals surface area contributed by atoms with Crippen molar-refractivity contribution < 1.29 is 19.1 Å². The number of halogens is 1. The molecule has 2 aromatic carbocycles. The molecule has 0 radical (unpaired) electrons. The van der Waals surface area contributed by atoms with Crippen LogP contribution in [0.15, 0.2) is 48.5 Å². The first-order valence-corrected chi connectivity index (χ1v) is 9.97. The fraction of sp³-hybridized carbons (Fsp3) is 0.364. The molecule has 0 saturated carbocycles. The molecule has 1 aliphatic rings. The summed E-state index contributed by atoms with van der Waals surface area (Å²) in [6, 6.07) is 14.5. The number of Topliss-reactive ketones (excluding diaryl/α,β-unsaturated/α-hetero) is 1. The number of amides is 1. The third-order valence-electron chi connectivity index (χ3n) is 5.27. The molecule has 7 heteroatoms. The topological polar surface area (TPSA) is 81.9 Å². The van der Waals surface area contributed by atoms with Gasteiger partial charge in [0.1, 0.15) is 11.9 Å². The van der Waals surface area contributed by atoms with E-state index in [9.17, 15) is 9.59 Å². The molecule has 1 unspecified atom stereocenters. The third kappa shape index (κ3) is 5.49. The van der Waals surface area contributed by atoms with E-state index < -0.39 is 12.2 Å². The van der Waals surface area contributed by atoms with E-state index in [0.717, 1.165) is 37.2 Å². The van der Waals surface area contributed by atoms with Crippen molar-refractivity contribution in [2.75, 3.05) is 26.7 Å². The maximum Gasteiger partial charge on any atom is 0.405 e. The molecule has 0 spiro atoms. The first-order chi connectivity index (χ1) is 14.0. The Morgan fingerprint density at radius 1 is 1.14 bits per heavy atom. The Hall–Kier alpha value is -2.57. The number of rotatable bonds is 7. The second kappa shape index (κ2) is 9.76. The van der Waals surface area contributed by atoms with Crippen LogP contribution in [0.2, 0.25) is 5.02 Å². The Morgan fingerprint density at radius 3 is 2.38 bits per heavy atom. The summed E-state index contributed by atoms with van der Waals surface area (Å²) in [6.07, 6.45) is 0.113. The Kier molecular flexibility index (Phi) is 7.12. The number of nitrogens with two attached hydrogens (primary N) is 1. The van der Waals surface area contributed by atoms with E-state index in [1.165, 1.54) is 0 Å². The average molecular weight is 417 g/mol. The van der Waals surface area contributed by atoms with Crippen LogP contribution in [0.1, 0.15) is 34.9 Å². The van der Waals surface area contributed by atoms with Crippen LogP contribution in [0.5, 0.6) is 5.75 Å². The van der Waals surface area contributed by atoms with Gasteiger partial charge in [0.25, 0.3) is 0 Å². The van der Waals surface area contributed by atoms with Crippen molar-refractivity contribution in [3.05, 3.63) is 64.7 Å². The van der Waals surface area contributed by atoms with Crippen molar-refractivity contribution in [3.63, 3.8) is 0 Å². The lowest BCUT2D eigenvalue weighted by Gasteiger charge is -2.33. The van der Waals surface area contributed by atoms with Gasteiger partial charge in [0.2, 0.25) is 0 Å². The quantitative estimate of drug-likeness (QED) is 0.687. The number of hydrogen-bond acceptors (Lipinski definition) is 5. The SMILES string of the molecule is COc1ccc(C(=O)C2CCN(CC(OC(N)=O)c3ccccc3Cl)CC2)cc1. The first kappa shape index (κ1) is 21.1. The highest BCUT2D eigenvalue weighted by molar-refractivity contribution is 6.31. The summed E-state index contributed by atoms with van der Waals surface area (Å²) in [6.45, 7) is 1.95. The molecular formula is C22H25ClN2O4. The number of hydrogen-bond donors (Lipinski definition) is 1. The molecule has 6 nitrogen and oxygen atoms in total. The molecule has 1 atom stereocenters. The number of primary amides is 1. The molecule has 1 heterocycles. The summed E-state index contributed by atoms with van der Waals surface area (Å²) in [5.74, 6) is 0.871. The Balaban J connectivity index is 1.60. The first-order valence-electron chi connectivity index (χ1n) is 9.59. The molecule has 0 bridgehead atoms. The molecule has 0 aromatic heterocycles. The molecule has 0 aliphatic carbocycles. The van der Waals surface area contributed by atoms with E-state index in [1.807, 2.05) is 30.3 Å². The van der Waals surface area contributed by atoms with Gasteiger partial charge in [-0.05, 0) is 56.3 Å². The molecule has 1 aliphatic heterocycles. The van der Waals surface area contributed by atoms with Gasteiger partial charge >= 0.3 is 6.09 Å². The molecule has 1 amide bonds. The number of benzene rings is 2. The van der Waals surface area contributed by atoms with Crippen molar-refractivity contribution in [3.8, 4) is 5.75 Å². The molecule has 154 valence electrons. The van der Waals surface area contributed by atoms with Crippen LogP contribution in [0, 0.1) is 5.92 Å². The summed E-state index contributed by atoms with van der Waals surface area (Å²) >= 11 is 6.27. The molecule has 29 heavy (non-hydrogen) atoms. The standard InChI is InChI=1S/C22H25ClN2O4/c1-28-17-8-6-15(7-9-17)21(26)16-10-12-25(13-11-16)14-20(29-22(24)27)18-4-2-3-5-19(18)23/h2-9,16,20H,10-14H2,1H3,(H2,24,27). The van der Waals surface area contributed by atoms with Crippen LogP contribution < -0.4 is 10.5 Å². The number of likely N-dealkylation sites (tertiary alicyclic amines) is 1. The van der Waals surface area contributed by atoms with Gasteiger partial charge in [-0.3, -0.25) is 9.69 Å². The molecule has 1 saturated heterocycles. The fourth-order valence-electron chi connectivity index (χ4n) is 3.68. The predicted molar refractivity (Wildman–Crippen MR) is 111 cm³/mol. The minimum atomic E-state index is -0.834. The number of carbonyl (C=O) groups excluding carboxylic acids is 2. The number of ether oxygens (including phenoxy) is 2. The van der Waals surface area contributed by atoms with E-state index >= 15 is 0 Å². The summed E-state index contributed by atoms with van der Waals surface area (Å²) in [7, 11) is 1.60. The Morgan fingerprint density at radius 2 is 1.79 bits per heavy atom. The highest BCUT2D eigenvalue weighted by atomic mass is 35.5. The summed E-state index contributed by atoms with van der Waals surface area (Å²) in [5, 5.41) is 0.531. The predicted octanol–water partition coefficient (Wildman–Crippen LogP) is 4.08. The second-order valence-electron chi connectivity index (χ2n) is 7.11. The molecule has 1 fully saturated rings. The van der Waals surface area contributed by atoms with Gasteiger partial charge < -0.3 is 15.2 Å². The molecule has 3 rings (SSSR count). The van der Waals surface area contributed by atoms with Crippen LogP contribution in [0.3, 0.4) is 0 Å². The second-order valence-corrected chi connectivity index (χ2v) is 7.52. The van der Waals surface area contributed by atoms with Gasteiger partial charge in [-0.2, -0.15) is 0 Å². The zero-order valence-electron chi connectivity index (χ0n) is 16.3. The van der Waals surface area contributed by atoms with E-state index in [0.29, 0.717) is 17.1 Å². The van der Waals surface area contributed by atoms with E-state index in [4.69, 9.17) is 26.8 Å². The van der Waals surface area contributed by atoms with E-state index in [-0.39, 0.29) is 11.7 Å². The minimum absolute atomic E-state index is 0.0181. The number of piperidine rings is 1. The van der Waals surface area contributed by atoms with Gasteiger partial charge in [-0.1, -0.05) is 29.8 Å². The van der Waals surface area contributed by atoms with Crippen LogP contribution in [-0.4, -0.2) is 43.5 Å². The molecule has 2 N–H and O–H groups in total. The zero-order valence-corrected chi connectivity index (χ0v) is 17.1. The normalized spacial score (nSPS) is 16.2. The van der Waals surface area contributed by atoms with Crippen molar-refractivity contribution in [1.82, 2.24) is 4.90 Å². The van der Waals surface area contributed by atoms with Crippen LogP contribution >= 0.6 is 11.6 Å². The van der Waals surface area contributed by atoms with Crippen molar-refractivity contribution in [2.45, 2.75) is 18.9 Å². The van der Waals surface area contributed by atoms with E-state index in [1.54, 1.807) is 25.3 Å². The molecular weight excluding hydrogens is 392 g/mol. The number of carbonyl (C=O) groups is 2. The van der Waals surface area contributed by atoms with Gasteiger partial charge in [0.15, 0.2) is 5.78 Å². The van der Waals surface area contributed by atoms with Crippen molar-refractivity contribution in [2.24, 2.45) is 11.7 Å². The van der Waals surface area contributed by atoms with Crippen LogP contribution in [0.25, 0.3) is 0 Å². The monoisotopic (exact) mass is 416 g/mol. The zero-order chi connectivity index (χ0) is 20.8. The summed E-state index contributed by atoms with van der Waals surface area (Å²) in [4.78, 5) is 26.3. The van der Waals surface area contributed by atoms with E-state index in [2.05, 4.69) is 4.90 Å². The Labute approximate surface area is 175 Å². The maximum atomic E-state index is 12.8. The highest BCUT2D eigenvalue weighted by Crippen LogP contribution is 2.29. The van der Waals surface area contributed by atoms with Gasteiger partial charge in [-0.25, -0.2) is 4.79 Å². The van der Waals surface area contributed by atoms with Gasteiger partial charge in [-0.15, -0.1) is 0 Å². The Bertz CT molecular complexity index is 848. The largest absolute Gasteiger partial charge is 0.497 e. The minimum Gasteiger partial charge on any atom is -0.497 e. The van der Waals surface area contributed by atoms with Gasteiger partial charge in [0, 0.05) is 28.6 Å². The number of nitrogens with zero attached hydrogens (tertiary/aromatic N) is 1. The molecule has 2 aromatic rings. The van der Waals surface area contributed by atoms with Crippen molar-refractivity contribution >= 4 is 23.5 Å². The number of ketones is 1. The summed E-state index contributed by atoms with van der Waals surface area (Å²) in [5.41, 5.74) is 6.69. The maximum absolute atomic E-state index is 12.8. The van der Waals surface area contributed by atoms with Gasteiger partial charge in [0.05, 0.1) is 7.11 Å². The lowest BCUT2D eigenvalue weighted by Crippen LogP contribution is -2.39. The van der Waals surface area contributed by atoms with Crippen molar-refractivity contribution in [1.29, 1.82) is 0 Å². The number of methoxy groups -OCH3 is 1. The summed E-state index contributed by atoms with van der Waals surface area (Å²) < 4.78 is 10.5.